The van der Waals surface area contributed by atoms with Crippen molar-refractivity contribution in [1.82, 2.24) is 10.6 Å². The summed E-state index contributed by atoms with van der Waals surface area (Å²) in [6.45, 7) is 1.20. The third-order valence-corrected chi connectivity index (χ3v) is 4.75. The molecule has 35 heavy (non-hydrogen) atoms. The summed E-state index contributed by atoms with van der Waals surface area (Å²) in [5.41, 5.74) is 6.29. The number of amides is 3. The molecule has 0 unspecified atom stereocenters. The summed E-state index contributed by atoms with van der Waals surface area (Å²) in [4.78, 5) is 58.4. The summed E-state index contributed by atoms with van der Waals surface area (Å²) in [6.07, 6.45) is -1.14. The minimum Gasteiger partial charge on any atom is -0.459 e. The van der Waals surface area contributed by atoms with E-state index in [2.05, 4.69) is 10.6 Å². The van der Waals surface area contributed by atoms with Crippen LogP contribution in [0.1, 0.15) is 30.9 Å². The lowest BCUT2D eigenvalue weighted by Gasteiger charge is -2.20. The number of hydrogen-bond donors (Lipinski definition) is 3. The second-order valence-corrected chi connectivity index (χ2v) is 7.53. The Morgan fingerprint density at radius 3 is 2.14 bits per heavy atom. The highest BCUT2D eigenvalue weighted by Crippen LogP contribution is 2.13. The van der Waals surface area contributed by atoms with Crippen LogP contribution in [0.15, 0.2) is 54.6 Å². The Kier molecular flexibility index (Phi) is 10.2. The van der Waals surface area contributed by atoms with Gasteiger partial charge in [0.1, 0.15) is 25.3 Å². The van der Waals surface area contributed by atoms with Gasteiger partial charge in [0.2, 0.25) is 11.8 Å². The van der Waals surface area contributed by atoms with E-state index >= 15 is 0 Å². The van der Waals surface area contributed by atoms with Crippen LogP contribution in [0.2, 0.25) is 0 Å². The van der Waals surface area contributed by atoms with Gasteiger partial charge in [-0.3, -0.25) is 19.7 Å². The Hall–Kier alpha value is -4.48. The second kappa shape index (κ2) is 13.3. The smallest absolute Gasteiger partial charge is 0.408 e. The molecule has 0 aliphatic carbocycles. The van der Waals surface area contributed by atoms with Gasteiger partial charge in [-0.1, -0.05) is 30.3 Å². The van der Waals surface area contributed by atoms with Gasteiger partial charge >= 0.3 is 12.1 Å². The summed E-state index contributed by atoms with van der Waals surface area (Å²) >= 11 is 0. The molecule has 0 bridgehead atoms. The number of non-ortho nitro benzene ring substituents is 1. The minimum absolute atomic E-state index is 0.0111. The lowest BCUT2D eigenvalue weighted by atomic mass is 10.1. The topological polar surface area (TPSA) is 180 Å². The molecule has 3 amide bonds. The van der Waals surface area contributed by atoms with Crippen LogP contribution in [0, 0.1) is 10.1 Å². The van der Waals surface area contributed by atoms with Gasteiger partial charge in [0.05, 0.1) is 4.92 Å². The maximum Gasteiger partial charge on any atom is 0.408 e. The van der Waals surface area contributed by atoms with Crippen molar-refractivity contribution >= 4 is 29.6 Å². The fraction of sp³-hybridized carbons (Fsp3) is 0.304. The first-order valence-electron chi connectivity index (χ1n) is 10.6. The zero-order valence-electron chi connectivity index (χ0n) is 19.0. The molecular weight excluding hydrogens is 460 g/mol. The Labute approximate surface area is 200 Å². The van der Waals surface area contributed by atoms with Gasteiger partial charge in [0.15, 0.2) is 0 Å². The molecule has 0 heterocycles. The lowest BCUT2D eigenvalue weighted by Crippen LogP contribution is -2.51. The molecule has 0 fully saturated rings. The maximum absolute atomic E-state index is 12.5. The van der Waals surface area contributed by atoms with Crippen molar-refractivity contribution in [3.8, 4) is 0 Å². The average molecular weight is 486 g/mol. The number of rotatable bonds is 12. The Morgan fingerprint density at radius 2 is 1.54 bits per heavy atom. The Morgan fingerprint density at radius 1 is 0.943 bits per heavy atom. The number of nitro groups is 1. The van der Waals surface area contributed by atoms with Crippen LogP contribution in [0.3, 0.4) is 0 Å². The number of esters is 1. The van der Waals surface area contributed by atoms with E-state index in [1.807, 2.05) is 6.07 Å². The van der Waals surface area contributed by atoms with E-state index in [9.17, 15) is 29.3 Å². The number of nitrogens with zero attached hydrogens (tertiary/aromatic N) is 1. The lowest BCUT2D eigenvalue weighted by molar-refractivity contribution is -0.384. The first-order valence-corrected chi connectivity index (χ1v) is 10.6. The van der Waals surface area contributed by atoms with Crippen LogP contribution in [0.4, 0.5) is 10.5 Å². The SMILES string of the molecule is C[C@@H](NC(=O)OCc1ccccc1)C(=O)N[C@H](CCC(N)=O)C(=O)OCc1ccc([N+](=O)[O-])cc1. The Balaban J connectivity index is 1.90. The van der Waals surface area contributed by atoms with E-state index < -0.39 is 40.9 Å². The zero-order chi connectivity index (χ0) is 25.8. The molecule has 0 aliphatic rings. The van der Waals surface area contributed by atoms with Crippen molar-refractivity contribution in [1.29, 1.82) is 0 Å². The predicted octanol–water partition coefficient (Wildman–Crippen LogP) is 1.70. The molecule has 4 N–H and O–H groups in total. The molecule has 0 aliphatic heterocycles. The number of hydrogen-bond acceptors (Lipinski definition) is 8. The van der Waals surface area contributed by atoms with Crippen molar-refractivity contribution in [2.75, 3.05) is 0 Å². The highest BCUT2D eigenvalue weighted by molar-refractivity contribution is 5.89. The molecule has 12 heteroatoms. The fourth-order valence-corrected chi connectivity index (χ4v) is 2.81. The molecule has 2 aromatic carbocycles. The molecule has 2 rings (SSSR count). The van der Waals surface area contributed by atoms with Gasteiger partial charge in [-0.2, -0.15) is 0 Å². The van der Waals surface area contributed by atoms with Crippen LogP contribution in [0.5, 0.6) is 0 Å². The van der Waals surface area contributed by atoms with E-state index in [-0.39, 0.29) is 31.7 Å². The predicted molar refractivity (Wildman–Crippen MR) is 122 cm³/mol. The number of carbonyl (C=O) groups excluding carboxylic acids is 4. The summed E-state index contributed by atoms with van der Waals surface area (Å²) in [5.74, 6) is -2.22. The van der Waals surface area contributed by atoms with Crippen LogP contribution in [0.25, 0.3) is 0 Å². The normalized spacial score (nSPS) is 12.0. The monoisotopic (exact) mass is 486 g/mol. The molecule has 0 saturated heterocycles. The van der Waals surface area contributed by atoms with Crippen molar-refractivity contribution in [2.45, 2.75) is 45.1 Å². The number of alkyl carbamates (subject to hydrolysis) is 1. The van der Waals surface area contributed by atoms with E-state index in [0.717, 1.165) is 5.56 Å². The highest BCUT2D eigenvalue weighted by atomic mass is 16.6. The van der Waals surface area contributed by atoms with Gasteiger partial charge < -0.3 is 25.8 Å². The molecule has 2 atom stereocenters. The number of ether oxygens (including phenoxy) is 2. The van der Waals surface area contributed by atoms with E-state index in [4.69, 9.17) is 15.2 Å². The molecular formula is C23H26N4O8. The van der Waals surface area contributed by atoms with Gasteiger partial charge in [0, 0.05) is 18.6 Å². The van der Waals surface area contributed by atoms with Crippen LogP contribution >= 0.6 is 0 Å². The second-order valence-electron chi connectivity index (χ2n) is 7.53. The van der Waals surface area contributed by atoms with Crippen molar-refractivity contribution < 1.29 is 33.6 Å². The van der Waals surface area contributed by atoms with Crippen molar-refractivity contribution in [2.24, 2.45) is 5.73 Å². The average Bonchev–Trinajstić information content (AvgIpc) is 2.84. The van der Waals surface area contributed by atoms with Crippen molar-refractivity contribution in [3.63, 3.8) is 0 Å². The zero-order valence-corrected chi connectivity index (χ0v) is 19.0. The summed E-state index contributed by atoms with van der Waals surface area (Å²) in [5, 5.41) is 15.5. The highest BCUT2D eigenvalue weighted by Gasteiger charge is 2.26. The quantitative estimate of drug-likeness (QED) is 0.230. The van der Waals surface area contributed by atoms with Gasteiger partial charge in [-0.25, -0.2) is 9.59 Å². The minimum atomic E-state index is -1.21. The van der Waals surface area contributed by atoms with E-state index in [1.54, 1.807) is 24.3 Å². The maximum atomic E-state index is 12.5. The van der Waals surface area contributed by atoms with E-state index in [0.29, 0.717) is 5.56 Å². The first-order chi connectivity index (χ1) is 16.7. The number of primary amides is 1. The molecule has 0 spiro atoms. The van der Waals surface area contributed by atoms with Crippen LogP contribution in [-0.2, 0) is 37.1 Å². The third-order valence-electron chi connectivity index (χ3n) is 4.75. The van der Waals surface area contributed by atoms with Crippen LogP contribution in [-0.4, -0.2) is 40.9 Å². The molecule has 0 aromatic heterocycles. The number of nitrogens with one attached hydrogen (secondary N) is 2. The molecule has 0 radical (unpaired) electrons. The van der Waals surface area contributed by atoms with Gasteiger partial charge in [-0.05, 0) is 36.6 Å². The number of benzene rings is 2. The summed E-state index contributed by atoms with van der Waals surface area (Å²) < 4.78 is 10.3. The molecule has 0 saturated carbocycles. The number of carbonyl (C=O) groups is 4. The van der Waals surface area contributed by atoms with E-state index in [1.165, 1.54) is 31.2 Å². The van der Waals surface area contributed by atoms with Crippen LogP contribution < -0.4 is 16.4 Å². The van der Waals surface area contributed by atoms with Gasteiger partial charge in [0.25, 0.3) is 5.69 Å². The van der Waals surface area contributed by atoms with Crippen molar-refractivity contribution in [3.05, 3.63) is 75.8 Å². The molecule has 12 nitrogen and oxygen atoms in total. The van der Waals surface area contributed by atoms with Gasteiger partial charge in [-0.15, -0.1) is 0 Å². The fourth-order valence-electron chi connectivity index (χ4n) is 2.81. The molecule has 186 valence electrons. The largest absolute Gasteiger partial charge is 0.459 e. The number of nitrogens with two attached hydrogens (primary N) is 1. The molecule has 2 aromatic rings. The summed E-state index contributed by atoms with van der Waals surface area (Å²) in [7, 11) is 0. The Bertz CT molecular complexity index is 1040. The first kappa shape index (κ1) is 26.8. The third kappa shape index (κ3) is 9.50. The standard InChI is InChI=1S/C23H26N4O8/c1-15(25-23(31)35-14-16-5-3-2-4-6-16)21(29)26-19(11-12-20(24)28)22(30)34-13-17-7-9-18(10-8-17)27(32)33/h2-10,15,19H,11-14H2,1H3,(H2,24,28)(H,25,31)(H,26,29)/t15-,19-/m1/s1. The summed E-state index contributed by atoms with van der Waals surface area (Å²) in [6, 6.07) is 12.1. The number of nitro benzene ring substituents is 1.